The molecule has 35 heavy (non-hydrogen) atoms. The molecular formula is C28H33FN2O3S. The molecule has 1 aliphatic rings. The van der Waals surface area contributed by atoms with Crippen LogP contribution in [0.4, 0.5) is 4.39 Å². The summed E-state index contributed by atoms with van der Waals surface area (Å²) >= 11 is 1.51. The highest BCUT2D eigenvalue weighted by Gasteiger charge is 2.32. The number of carbonyl (C=O) groups excluding carboxylic acids is 1. The molecule has 0 unspecified atom stereocenters. The lowest BCUT2D eigenvalue weighted by atomic mass is 9.84. The van der Waals surface area contributed by atoms with E-state index < -0.39 is 0 Å². The van der Waals surface area contributed by atoms with E-state index in [9.17, 15) is 9.18 Å². The summed E-state index contributed by atoms with van der Waals surface area (Å²) in [4.78, 5) is 17.5. The molecule has 0 spiro atoms. The van der Waals surface area contributed by atoms with Gasteiger partial charge in [-0.25, -0.2) is 4.39 Å². The molecule has 1 saturated heterocycles. The number of methoxy groups -OCH3 is 2. The van der Waals surface area contributed by atoms with Crippen molar-refractivity contribution in [1.82, 2.24) is 9.80 Å². The molecule has 186 valence electrons. The minimum absolute atomic E-state index is 0.000321. The van der Waals surface area contributed by atoms with Crippen LogP contribution in [-0.4, -0.2) is 56.1 Å². The summed E-state index contributed by atoms with van der Waals surface area (Å²) in [7, 11) is 5.15. The van der Waals surface area contributed by atoms with Gasteiger partial charge in [-0.05, 0) is 79.0 Å². The number of ether oxygens (including phenoxy) is 2. The molecule has 4 rings (SSSR count). The van der Waals surface area contributed by atoms with Crippen LogP contribution in [0.5, 0.6) is 11.5 Å². The molecule has 2 heterocycles. The lowest BCUT2D eigenvalue weighted by molar-refractivity contribution is 0.0584. The van der Waals surface area contributed by atoms with E-state index >= 15 is 0 Å². The Morgan fingerprint density at radius 3 is 2.51 bits per heavy atom. The molecule has 5 nitrogen and oxygen atoms in total. The molecule has 7 heteroatoms. The smallest absolute Gasteiger partial charge is 0.254 e. The number of halogens is 1. The molecular weight excluding hydrogens is 463 g/mol. The molecule has 1 atom stereocenters. The van der Waals surface area contributed by atoms with Crippen molar-refractivity contribution in [2.45, 2.75) is 31.8 Å². The first-order valence-corrected chi connectivity index (χ1v) is 12.9. The number of thiophene rings is 1. The lowest BCUT2D eigenvalue weighted by Crippen LogP contribution is -2.47. The Balaban J connectivity index is 1.46. The highest BCUT2D eigenvalue weighted by atomic mass is 32.1. The molecule has 0 radical (unpaired) electrons. The summed E-state index contributed by atoms with van der Waals surface area (Å²) in [5.41, 5.74) is 2.53. The van der Waals surface area contributed by atoms with Gasteiger partial charge in [-0.1, -0.05) is 24.3 Å². The van der Waals surface area contributed by atoms with Crippen molar-refractivity contribution in [2.24, 2.45) is 5.92 Å². The van der Waals surface area contributed by atoms with Crippen molar-refractivity contribution in [3.63, 3.8) is 0 Å². The van der Waals surface area contributed by atoms with E-state index in [1.54, 1.807) is 20.3 Å². The second-order valence-electron chi connectivity index (χ2n) is 9.09. The van der Waals surface area contributed by atoms with Gasteiger partial charge in [-0.2, -0.15) is 11.3 Å². The van der Waals surface area contributed by atoms with Crippen LogP contribution in [0.1, 0.15) is 34.3 Å². The zero-order chi connectivity index (χ0) is 24.8. The van der Waals surface area contributed by atoms with E-state index in [4.69, 9.17) is 9.47 Å². The van der Waals surface area contributed by atoms with Gasteiger partial charge >= 0.3 is 0 Å². The average molecular weight is 497 g/mol. The number of likely N-dealkylation sites (N-methyl/N-ethyl adjacent to an activating group) is 1. The van der Waals surface area contributed by atoms with E-state index in [1.165, 1.54) is 23.0 Å². The average Bonchev–Trinajstić information content (AvgIpc) is 3.43. The van der Waals surface area contributed by atoms with E-state index in [0.717, 1.165) is 44.0 Å². The second-order valence-corrected chi connectivity index (χ2v) is 9.87. The standard InChI is InChI=1S/C28H33FN2O3S/c1-30(28(32)23-12-15-35-19-23)25(17-22-6-4-5-7-24(22)29)21-10-13-31(14-11-21)18-20-8-9-26(33-2)27(16-20)34-3/h4-9,12,15-16,19,21,25H,10-11,13-14,17-18H2,1-3H3/t25-/m1/s1. The van der Waals surface area contributed by atoms with E-state index in [1.807, 2.05) is 53.0 Å². The third kappa shape index (κ3) is 6.03. The zero-order valence-corrected chi connectivity index (χ0v) is 21.4. The van der Waals surface area contributed by atoms with Gasteiger partial charge in [0.2, 0.25) is 0 Å². The second kappa shape index (κ2) is 11.7. The molecule has 3 aromatic rings. The van der Waals surface area contributed by atoms with Crippen molar-refractivity contribution in [3.8, 4) is 11.5 Å². The Labute approximate surface area is 211 Å². The molecule has 1 aliphatic heterocycles. The first kappa shape index (κ1) is 25.2. The van der Waals surface area contributed by atoms with Crippen LogP contribution >= 0.6 is 11.3 Å². The van der Waals surface area contributed by atoms with Gasteiger partial charge in [-0.15, -0.1) is 0 Å². The summed E-state index contributed by atoms with van der Waals surface area (Å²) < 4.78 is 25.3. The maximum Gasteiger partial charge on any atom is 0.254 e. The normalized spacial score (nSPS) is 15.5. The van der Waals surface area contributed by atoms with Gasteiger partial charge in [0.15, 0.2) is 11.5 Å². The van der Waals surface area contributed by atoms with Crippen LogP contribution in [0.25, 0.3) is 0 Å². The summed E-state index contributed by atoms with van der Waals surface area (Å²) in [6.07, 6.45) is 2.42. The lowest BCUT2D eigenvalue weighted by Gasteiger charge is -2.40. The van der Waals surface area contributed by atoms with Gasteiger partial charge in [0, 0.05) is 25.0 Å². The number of rotatable bonds is 9. The van der Waals surface area contributed by atoms with Gasteiger partial charge in [0.05, 0.1) is 19.8 Å². The van der Waals surface area contributed by atoms with Crippen LogP contribution in [0.2, 0.25) is 0 Å². The topological polar surface area (TPSA) is 42.0 Å². The Hall–Kier alpha value is -2.90. The molecule has 0 aliphatic carbocycles. The van der Waals surface area contributed by atoms with Gasteiger partial charge in [0.25, 0.3) is 5.91 Å². The predicted octanol–water partition coefficient (Wildman–Crippen LogP) is 5.50. The number of nitrogens with zero attached hydrogens (tertiary/aromatic N) is 2. The predicted molar refractivity (Wildman–Crippen MR) is 138 cm³/mol. The van der Waals surface area contributed by atoms with Crippen molar-refractivity contribution >= 4 is 17.2 Å². The summed E-state index contributed by atoms with van der Waals surface area (Å²) in [5.74, 6) is 1.55. The fourth-order valence-corrected chi connectivity index (χ4v) is 5.61. The first-order valence-electron chi connectivity index (χ1n) is 12.0. The molecule has 1 amide bonds. The fourth-order valence-electron chi connectivity index (χ4n) is 4.98. The molecule has 1 fully saturated rings. The largest absolute Gasteiger partial charge is 0.493 e. The fraction of sp³-hybridized carbons (Fsp3) is 0.393. The highest BCUT2D eigenvalue weighted by molar-refractivity contribution is 7.08. The maximum atomic E-state index is 14.5. The number of likely N-dealkylation sites (tertiary alicyclic amines) is 1. The van der Waals surface area contributed by atoms with E-state index in [2.05, 4.69) is 11.0 Å². The molecule has 0 N–H and O–H groups in total. The Morgan fingerprint density at radius 2 is 1.86 bits per heavy atom. The minimum Gasteiger partial charge on any atom is -0.493 e. The van der Waals surface area contributed by atoms with E-state index in [-0.39, 0.29) is 17.8 Å². The third-order valence-corrected chi connectivity index (χ3v) is 7.69. The summed E-state index contributed by atoms with van der Waals surface area (Å²) in [6, 6.07) is 14.7. The Morgan fingerprint density at radius 1 is 1.11 bits per heavy atom. The molecule has 1 aromatic heterocycles. The summed E-state index contributed by atoms with van der Waals surface area (Å²) in [5, 5.41) is 3.80. The summed E-state index contributed by atoms with van der Waals surface area (Å²) in [6.45, 7) is 2.68. The number of hydrogen-bond donors (Lipinski definition) is 0. The van der Waals surface area contributed by atoms with Crippen molar-refractivity contribution in [3.05, 3.63) is 81.8 Å². The van der Waals surface area contributed by atoms with Crippen LogP contribution in [0.3, 0.4) is 0 Å². The van der Waals surface area contributed by atoms with Crippen LogP contribution in [-0.2, 0) is 13.0 Å². The first-order chi connectivity index (χ1) is 17.0. The Bertz CT molecular complexity index is 1110. The molecule has 2 aromatic carbocycles. The third-order valence-electron chi connectivity index (χ3n) is 7.00. The Kier molecular flexibility index (Phi) is 8.42. The number of hydrogen-bond acceptors (Lipinski definition) is 5. The van der Waals surface area contributed by atoms with Crippen LogP contribution in [0, 0.1) is 11.7 Å². The van der Waals surface area contributed by atoms with Gasteiger partial charge in [0.1, 0.15) is 5.82 Å². The monoisotopic (exact) mass is 496 g/mol. The molecule has 0 saturated carbocycles. The van der Waals surface area contributed by atoms with E-state index in [0.29, 0.717) is 23.5 Å². The van der Waals surface area contributed by atoms with Crippen molar-refractivity contribution in [2.75, 3.05) is 34.4 Å². The number of benzene rings is 2. The number of piperidine rings is 1. The van der Waals surface area contributed by atoms with Gasteiger partial charge < -0.3 is 14.4 Å². The zero-order valence-electron chi connectivity index (χ0n) is 20.6. The van der Waals surface area contributed by atoms with Crippen LogP contribution in [0.15, 0.2) is 59.3 Å². The number of carbonyl (C=O) groups is 1. The van der Waals surface area contributed by atoms with Crippen molar-refractivity contribution in [1.29, 1.82) is 0 Å². The minimum atomic E-state index is -0.209. The van der Waals surface area contributed by atoms with Gasteiger partial charge in [-0.3, -0.25) is 9.69 Å². The molecule has 0 bridgehead atoms. The quantitative estimate of drug-likeness (QED) is 0.392. The SMILES string of the molecule is COc1ccc(CN2CCC([C@@H](Cc3ccccc3F)N(C)C(=O)c3ccsc3)CC2)cc1OC. The number of amides is 1. The van der Waals surface area contributed by atoms with Crippen LogP contribution < -0.4 is 9.47 Å². The highest BCUT2D eigenvalue weighted by Crippen LogP contribution is 2.31. The van der Waals surface area contributed by atoms with Crippen molar-refractivity contribution < 1.29 is 18.7 Å². The maximum absolute atomic E-state index is 14.5.